The van der Waals surface area contributed by atoms with Gasteiger partial charge < -0.3 is 9.80 Å². The average molecular weight is 275 g/mol. The van der Waals surface area contributed by atoms with Crippen LogP contribution in [0.2, 0.25) is 0 Å². The number of hydrogen-bond donors (Lipinski definition) is 0. The highest BCUT2D eigenvalue weighted by atomic mass is 79.9. The van der Waals surface area contributed by atoms with Gasteiger partial charge >= 0.3 is 0 Å². The maximum absolute atomic E-state index is 11.3. The first kappa shape index (κ1) is 10.9. The molecule has 0 N–H and O–H groups in total. The van der Waals surface area contributed by atoms with Crippen LogP contribution in [0, 0.1) is 5.41 Å². The summed E-state index contributed by atoms with van der Waals surface area (Å²) in [4.78, 5) is 26.4. The van der Waals surface area contributed by atoms with Crippen LogP contribution in [0.4, 0.5) is 0 Å². The quantitative estimate of drug-likeness (QED) is 0.687. The van der Waals surface area contributed by atoms with Gasteiger partial charge in [0.1, 0.15) is 0 Å². The number of alkyl halides is 1. The summed E-state index contributed by atoms with van der Waals surface area (Å²) < 4.78 is 0. The van der Waals surface area contributed by atoms with E-state index in [1.165, 1.54) is 0 Å². The molecule has 0 bridgehead atoms. The molecule has 2 rings (SSSR count). The number of hydrogen-bond acceptors (Lipinski definition) is 2. The van der Waals surface area contributed by atoms with Crippen molar-refractivity contribution in [3.63, 3.8) is 0 Å². The van der Waals surface area contributed by atoms with Crippen LogP contribution in [0.3, 0.4) is 0 Å². The molecule has 0 saturated carbocycles. The van der Waals surface area contributed by atoms with E-state index in [0.717, 1.165) is 26.2 Å². The minimum atomic E-state index is 0.154. The zero-order chi connectivity index (χ0) is 11.1. The second-order valence-corrected chi connectivity index (χ2v) is 5.05. The Bertz CT molecular complexity index is 260. The molecule has 15 heavy (non-hydrogen) atoms. The van der Waals surface area contributed by atoms with Gasteiger partial charge in [0.25, 0.3) is 0 Å². The molecule has 5 heteroatoms. The molecule has 0 aromatic carbocycles. The predicted molar refractivity (Wildman–Crippen MR) is 59.7 cm³/mol. The standard InChI is InChI=1S/C10H15BrN2O2/c1-2-8(14)12-4-10(5-12)6-13(7-10)9(15)3-11/h2-7H2,1H3. The molecule has 0 atom stereocenters. The monoisotopic (exact) mass is 274 g/mol. The number of rotatable bonds is 2. The number of halogens is 1. The van der Waals surface area contributed by atoms with Gasteiger partial charge in [0, 0.05) is 38.0 Å². The molecule has 0 unspecified atom stereocenters. The van der Waals surface area contributed by atoms with E-state index in [1.54, 1.807) is 0 Å². The Hall–Kier alpha value is -0.580. The fourth-order valence-corrected chi connectivity index (χ4v) is 2.74. The van der Waals surface area contributed by atoms with E-state index >= 15 is 0 Å². The summed E-state index contributed by atoms with van der Waals surface area (Å²) in [6.45, 7) is 5.21. The summed E-state index contributed by atoms with van der Waals surface area (Å²) in [5, 5.41) is 0.403. The molecule has 2 heterocycles. The van der Waals surface area contributed by atoms with Crippen LogP contribution in [0.25, 0.3) is 0 Å². The van der Waals surface area contributed by atoms with E-state index in [4.69, 9.17) is 0 Å². The van der Waals surface area contributed by atoms with Gasteiger partial charge in [-0.25, -0.2) is 0 Å². The van der Waals surface area contributed by atoms with Crippen molar-refractivity contribution < 1.29 is 9.59 Å². The molecule has 2 aliphatic heterocycles. The lowest BCUT2D eigenvalue weighted by Crippen LogP contribution is -2.73. The second kappa shape index (κ2) is 3.77. The highest BCUT2D eigenvalue weighted by molar-refractivity contribution is 9.09. The van der Waals surface area contributed by atoms with Gasteiger partial charge in [0.2, 0.25) is 11.8 Å². The number of likely N-dealkylation sites (tertiary alicyclic amines) is 2. The largest absolute Gasteiger partial charge is 0.341 e. The number of carbonyl (C=O) groups excluding carboxylic acids is 2. The smallest absolute Gasteiger partial charge is 0.233 e. The number of amides is 2. The summed E-state index contributed by atoms with van der Waals surface area (Å²) in [6.07, 6.45) is 0.583. The van der Waals surface area contributed by atoms with Crippen LogP contribution in [0.1, 0.15) is 13.3 Å². The first-order valence-electron chi connectivity index (χ1n) is 5.22. The molecule has 1 spiro atoms. The molecule has 0 aliphatic carbocycles. The Balaban J connectivity index is 1.77. The third-order valence-corrected chi connectivity index (χ3v) is 3.71. The maximum Gasteiger partial charge on any atom is 0.233 e. The number of carbonyl (C=O) groups is 2. The fourth-order valence-electron chi connectivity index (χ4n) is 2.39. The molecule has 2 fully saturated rings. The highest BCUT2D eigenvalue weighted by Gasteiger charge is 2.53. The maximum atomic E-state index is 11.3. The lowest BCUT2D eigenvalue weighted by Gasteiger charge is -2.60. The highest BCUT2D eigenvalue weighted by Crippen LogP contribution is 2.39. The van der Waals surface area contributed by atoms with Crippen molar-refractivity contribution >= 4 is 27.7 Å². The summed E-state index contributed by atoms with van der Waals surface area (Å²) >= 11 is 3.16. The summed E-state index contributed by atoms with van der Waals surface area (Å²) in [5.41, 5.74) is 0.239. The first-order chi connectivity index (χ1) is 7.10. The molecule has 4 nitrogen and oxygen atoms in total. The molecule has 84 valence electrons. The number of nitrogens with zero attached hydrogens (tertiary/aromatic N) is 2. The Morgan fingerprint density at radius 2 is 1.60 bits per heavy atom. The lowest BCUT2D eigenvalue weighted by atomic mass is 9.72. The fraction of sp³-hybridized carbons (Fsp3) is 0.800. The molecule has 0 aromatic rings. The van der Waals surface area contributed by atoms with E-state index in [1.807, 2.05) is 16.7 Å². The molecular weight excluding hydrogens is 260 g/mol. The van der Waals surface area contributed by atoms with Crippen LogP contribution in [0.5, 0.6) is 0 Å². The first-order valence-corrected chi connectivity index (χ1v) is 6.34. The van der Waals surface area contributed by atoms with Crippen molar-refractivity contribution in [1.82, 2.24) is 9.80 Å². The minimum Gasteiger partial charge on any atom is -0.341 e. The second-order valence-electron chi connectivity index (χ2n) is 4.49. The van der Waals surface area contributed by atoms with E-state index in [0.29, 0.717) is 11.8 Å². The normalized spacial score (nSPS) is 22.3. The van der Waals surface area contributed by atoms with Crippen molar-refractivity contribution in [3.8, 4) is 0 Å². The van der Waals surface area contributed by atoms with Crippen molar-refractivity contribution in [2.75, 3.05) is 31.5 Å². The molecule has 2 aliphatic rings. The van der Waals surface area contributed by atoms with E-state index in [2.05, 4.69) is 15.9 Å². The average Bonchev–Trinajstić information content (AvgIpc) is 2.12. The Labute approximate surface area is 97.7 Å². The third-order valence-electron chi connectivity index (χ3n) is 3.23. The zero-order valence-corrected chi connectivity index (χ0v) is 10.4. The van der Waals surface area contributed by atoms with Gasteiger partial charge in [0.05, 0.1) is 5.33 Å². The molecule has 2 amide bonds. The SMILES string of the molecule is CCC(=O)N1CC2(C1)CN(C(=O)CBr)C2. The molecule has 2 saturated heterocycles. The topological polar surface area (TPSA) is 40.6 Å². The summed E-state index contributed by atoms with van der Waals surface area (Å²) in [6, 6.07) is 0. The van der Waals surface area contributed by atoms with Crippen LogP contribution in [-0.2, 0) is 9.59 Å². The van der Waals surface area contributed by atoms with Crippen LogP contribution in [0.15, 0.2) is 0 Å². The van der Waals surface area contributed by atoms with Gasteiger partial charge in [-0.15, -0.1) is 0 Å². The zero-order valence-electron chi connectivity index (χ0n) is 8.83. The van der Waals surface area contributed by atoms with Gasteiger partial charge in [-0.3, -0.25) is 9.59 Å². The summed E-state index contributed by atoms with van der Waals surface area (Å²) in [5.74, 6) is 0.381. The molecule has 0 aromatic heterocycles. The van der Waals surface area contributed by atoms with E-state index in [-0.39, 0.29) is 17.2 Å². The van der Waals surface area contributed by atoms with E-state index in [9.17, 15) is 9.59 Å². The Kier molecular flexibility index (Phi) is 2.75. The van der Waals surface area contributed by atoms with Gasteiger partial charge in [0.15, 0.2) is 0 Å². The molecular formula is C10H15BrN2O2. The van der Waals surface area contributed by atoms with Gasteiger partial charge in [-0.05, 0) is 0 Å². The predicted octanol–water partition coefficient (Wildman–Crippen LogP) is 0.462. The van der Waals surface area contributed by atoms with Gasteiger partial charge in [-0.1, -0.05) is 22.9 Å². The van der Waals surface area contributed by atoms with Gasteiger partial charge in [-0.2, -0.15) is 0 Å². The Morgan fingerprint density at radius 3 is 2.00 bits per heavy atom. The van der Waals surface area contributed by atoms with Crippen molar-refractivity contribution in [1.29, 1.82) is 0 Å². The minimum absolute atomic E-state index is 0.154. The third kappa shape index (κ3) is 1.77. The van der Waals surface area contributed by atoms with Crippen LogP contribution >= 0.6 is 15.9 Å². The summed E-state index contributed by atoms with van der Waals surface area (Å²) in [7, 11) is 0. The van der Waals surface area contributed by atoms with E-state index < -0.39 is 0 Å². The molecule has 0 radical (unpaired) electrons. The Morgan fingerprint density at radius 1 is 1.13 bits per heavy atom. The van der Waals surface area contributed by atoms with Crippen LogP contribution in [-0.4, -0.2) is 53.1 Å². The van der Waals surface area contributed by atoms with Crippen molar-refractivity contribution in [3.05, 3.63) is 0 Å². The van der Waals surface area contributed by atoms with Crippen molar-refractivity contribution in [2.24, 2.45) is 5.41 Å². The van der Waals surface area contributed by atoms with Crippen molar-refractivity contribution in [2.45, 2.75) is 13.3 Å². The van der Waals surface area contributed by atoms with Crippen LogP contribution < -0.4 is 0 Å². The lowest BCUT2D eigenvalue weighted by molar-refractivity contribution is -0.166.